The molecule has 2 aromatic heterocycles. The van der Waals surface area contributed by atoms with Gasteiger partial charge >= 0.3 is 0 Å². The van der Waals surface area contributed by atoms with E-state index >= 15 is 0 Å². The lowest BCUT2D eigenvalue weighted by Gasteiger charge is -2.19. The van der Waals surface area contributed by atoms with E-state index in [1.807, 2.05) is 11.3 Å². The van der Waals surface area contributed by atoms with Crippen LogP contribution in [0.15, 0.2) is 186 Å². The SMILES string of the molecule is c1ccc(-c2ccc(-c3c4ccccc4c(-c4ccc(-c5ccc6sc7ccccc7c6c5)c5oc6ccccc6c45)c4ccccc34)cc2)cc1. The Hall–Kier alpha value is -6.48. The van der Waals surface area contributed by atoms with E-state index in [1.54, 1.807) is 0 Å². The Labute approximate surface area is 304 Å². The van der Waals surface area contributed by atoms with E-state index in [1.165, 1.54) is 75.1 Å². The number of fused-ring (bicyclic) bond motifs is 8. The van der Waals surface area contributed by atoms with E-state index in [0.29, 0.717) is 0 Å². The van der Waals surface area contributed by atoms with Crippen molar-refractivity contribution < 1.29 is 4.42 Å². The number of para-hydroxylation sites is 1. The molecule has 0 amide bonds. The largest absolute Gasteiger partial charge is 0.455 e. The molecule has 0 aliphatic carbocycles. The molecule has 242 valence electrons. The maximum Gasteiger partial charge on any atom is 0.143 e. The van der Waals surface area contributed by atoms with Gasteiger partial charge in [-0.2, -0.15) is 0 Å². The fraction of sp³-hybridized carbons (Fsp3) is 0. The van der Waals surface area contributed by atoms with E-state index < -0.39 is 0 Å². The molecule has 0 spiro atoms. The topological polar surface area (TPSA) is 13.1 Å². The highest BCUT2D eigenvalue weighted by Gasteiger charge is 2.22. The summed E-state index contributed by atoms with van der Waals surface area (Å²) >= 11 is 1.85. The monoisotopic (exact) mass is 678 g/mol. The van der Waals surface area contributed by atoms with Crippen LogP contribution in [0.25, 0.3) is 108 Å². The molecule has 52 heavy (non-hydrogen) atoms. The number of thiophene rings is 1. The van der Waals surface area contributed by atoms with Gasteiger partial charge in [0.1, 0.15) is 11.2 Å². The molecule has 0 atom stereocenters. The molecule has 11 rings (SSSR count). The zero-order valence-electron chi connectivity index (χ0n) is 28.1. The smallest absolute Gasteiger partial charge is 0.143 e. The van der Waals surface area contributed by atoms with Gasteiger partial charge in [-0.15, -0.1) is 11.3 Å². The molecule has 0 saturated carbocycles. The van der Waals surface area contributed by atoms with Gasteiger partial charge in [0.25, 0.3) is 0 Å². The minimum atomic E-state index is 0.900. The van der Waals surface area contributed by atoms with Crippen molar-refractivity contribution in [1.29, 1.82) is 0 Å². The first-order chi connectivity index (χ1) is 25.8. The average Bonchev–Trinajstić information content (AvgIpc) is 3.79. The van der Waals surface area contributed by atoms with E-state index in [0.717, 1.165) is 33.1 Å². The molecule has 0 fully saturated rings. The molecule has 0 saturated heterocycles. The van der Waals surface area contributed by atoms with Gasteiger partial charge in [-0.25, -0.2) is 0 Å². The summed E-state index contributed by atoms with van der Waals surface area (Å²) in [5, 5.41) is 9.81. The summed E-state index contributed by atoms with van der Waals surface area (Å²) in [4.78, 5) is 0. The second-order valence-corrected chi connectivity index (χ2v) is 14.6. The first kappa shape index (κ1) is 29.3. The van der Waals surface area contributed by atoms with Crippen LogP contribution in [-0.2, 0) is 0 Å². The summed E-state index contributed by atoms with van der Waals surface area (Å²) in [6, 6.07) is 66.1. The summed E-state index contributed by atoms with van der Waals surface area (Å²) < 4.78 is 9.46. The second kappa shape index (κ2) is 11.5. The third-order valence-electron chi connectivity index (χ3n) is 10.7. The molecule has 1 nitrogen and oxygen atoms in total. The molecule has 9 aromatic carbocycles. The highest BCUT2D eigenvalue weighted by molar-refractivity contribution is 7.25. The van der Waals surface area contributed by atoms with Crippen molar-refractivity contribution in [2.75, 3.05) is 0 Å². The lowest BCUT2D eigenvalue weighted by Crippen LogP contribution is -1.92. The molecular weight excluding hydrogens is 649 g/mol. The van der Waals surface area contributed by atoms with Crippen LogP contribution in [0.3, 0.4) is 0 Å². The maximum absolute atomic E-state index is 6.85. The predicted molar refractivity (Wildman–Crippen MR) is 223 cm³/mol. The van der Waals surface area contributed by atoms with E-state index in [-0.39, 0.29) is 0 Å². The lowest BCUT2D eigenvalue weighted by atomic mass is 9.84. The van der Waals surface area contributed by atoms with Crippen LogP contribution in [0.5, 0.6) is 0 Å². The third-order valence-corrected chi connectivity index (χ3v) is 11.8. The standard InChI is InChI=1S/C50H30OS/c1-2-12-31(13-3-1)32-22-24-33(25-23-32)47-37-15-4-6-17-39(37)48(40-18-7-5-16-38(40)47)42-28-27-35(50-49(42)41-19-8-10-20-44(41)51-50)34-26-29-46-43(30-34)36-14-9-11-21-45(36)52-46/h1-30H. The van der Waals surface area contributed by atoms with Crippen LogP contribution in [0, 0.1) is 0 Å². The van der Waals surface area contributed by atoms with Gasteiger partial charge in [-0.1, -0.05) is 152 Å². The van der Waals surface area contributed by atoms with Crippen LogP contribution < -0.4 is 0 Å². The molecule has 0 N–H and O–H groups in total. The van der Waals surface area contributed by atoms with Gasteiger partial charge in [0.05, 0.1) is 0 Å². The average molecular weight is 679 g/mol. The molecule has 2 heteroatoms. The predicted octanol–water partition coefficient (Wildman–Crippen LogP) is 14.9. The zero-order chi connectivity index (χ0) is 34.2. The minimum Gasteiger partial charge on any atom is -0.455 e. The number of furan rings is 1. The Kier molecular flexibility index (Phi) is 6.49. The number of hydrogen-bond donors (Lipinski definition) is 0. The Morgan fingerprint density at radius 1 is 0.327 bits per heavy atom. The maximum atomic E-state index is 6.85. The number of hydrogen-bond acceptors (Lipinski definition) is 2. The lowest BCUT2D eigenvalue weighted by molar-refractivity contribution is 0.670. The Balaban J connectivity index is 1.18. The summed E-state index contributed by atoms with van der Waals surface area (Å²) in [5.74, 6) is 0. The molecule has 2 heterocycles. The Bertz CT molecular complexity index is 3110. The normalized spacial score (nSPS) is 11.8. The Morgan fingerprint density at radius 2 is 0.846 bits per heavy atom. The highest BCUT2D eigenvalue weighted by Crippen LogP contribution is 2.49. The van der Waals surface area contributed by atoms with Crippen LogP contribution in [-0.4, -0.2) is 0 Å². The van der Waals surface area contributed by atoms with Crippen molar-refractivity contribution in [3.8, 4) is 44.5 Å². The van der Waals surface area contributed by atoms with Crippen LogP contribution in [0.1, 0.15) is 0 Å². The minimum absolute atomic E-state index is 0.900. The second-order valence-electron chi connectivity index (χ2n) is 13.6. The number of rotatable bonds is 4. The summed E-state index contributed by atoms with van der Waals surface area (Å²) in [7, 11) is 0. The molecule has 0 aliphatic rings. The van der Waals surface area contributed by atoms with Crippen molar-refractivity contribution in [3.63, 3.8) is 0 Å². The van der Waals surface area contributed by atoms with Gasteiger partial charge in [0.2, 0.25) is 0 Å². The van der Waals surface area contributed by atoms with E-state index in [4.69, 9.17) is 4.42 Å². The van der Waals surface area contributed by atoms with Crippen molar-refractivity contribution in [2.24, 2.45) is 0 Å². The fourth-order valence-corrected chi connectivity index (χ4v) is 9.43. The fourth-order valence-electron chi connectivity index (χ4n) is 8.35. The van der Waals surface area contributed by atoms with Crippen molar-refractivity contribution in [1.82, 2.24) is 0 Å². The van der Waals surface area contributed by atoms with Gasteiger partial charge in [-0.3, -0.25) is 0 Å². The molecule has 0 unspecified atom stereocenters. The van der Waals surface area contributed by atoms with E-state index in [2.05, 4.69) is 182 Å². The first-order valence-electron chi connectivity index (χ1n) is 17.8. The van der Waals surface area contributed by atoms with Gasteiger partial charge in [0, 0.05) is 36.5 Å². The van der Waals surface area contributed by atoms with Gasteiger partial charge in [0.15, 0.2) is 0 Å². The molecule has 0 bridgehead atoms. The van der Waals surface area contributed by atoms with Crippen molar-refractivity contribution in [2.45, 2.75) is 0 Å². The third kappa shape index (κ3) is 4.41. The summed E-state index contributed by atoms with van der Waals surface area (Å²) in [5.41, 5.74) is 11.4. The van der Waals surface area contributed by atoms with Crippen molar-refractivity contribution in [3.05, 3.63) is 182 Å². The van der Waals surface area contributed by atoms with Crippen LogP contribution in [0.4, 0.5) is 0 Å². The van der Waals surface area contributed by atoms with E-state index in [9.17, 15) is 0 Å². The molecule has 0 aliphatic heterocycles. The summed E-state index contributed by atoms with van der Waals surface area (Å²) in [6.07, 6.45) is 0. The molecule has 11 aromatic rings. The quantitative estimate of drug-likeness (QED) is 0.169. The first-order valence-corrected chi connectivity index (χ1v) is 18.6. The van der Waals surface area contributed by atoms with Crippen LogP contribution >= 0.6 is 11.3 Å². The van der Waals surface area contributed by atoms with Gasteiger partial charge < -0.3 is 4.42 Å². The van der Waals surface area contributed by atoms with Gasteiger partial charge in [-0.05, 0) is 90.8 Å². The number of benzene rings is 9. The Morgan fingerprint density at radius 3 is 1.58 bits per heavy atom. The zero-order valence-corrected chi connectivity index (χ0v) is 29.0. The van der Waals surface area contributed by atoms with Crippen molar-refractivity contribution >= 4 is 75.0 Å². The molecular formula is C50H30OS. The molecule has 0 radical (unpaired) electrons. The summed E-state index contributed by atoms with van der Waals surface area (Å²) in [6.45, 7) is 0. The van der Waals surface area contributed by atoms with Crippen LogP contribution in [0.2, 0.25) is 0 Å². The highest BCUT2D eigenvalue weighted by atomic mass is 32.1.